The minimum absolute atomic E-state index is 0. The first-order valence-corrected chi connectivity index (χ1v) is 9.65. The number of likely N-dealkylation sites (tertiary alicyclic amines) is 1. The molecule has 0 atom stereocenters. The van der Waals surface area contributed by atoms with Crippen LogP contribution in [-0.4, -0.2) is 45.5 Å². The number of rotatable bonds is 5. The second-order valence-corrected chi connectivity index (χ2v) is 8.05. The quantitative estimate of drug-likeness (QED) is 0.279. The van der Waals surface area contributed by atoms with E-state index in [1.54, 1.807) is 0 Å². The summed E-state index contributed by atoms with van der Waals surface area (Å²) < 4.78 is 40.1. The fourth-order valence-electron chi connectivity index (χ4n) is 2.46. The van der Waals surface area contributed by atoms with Crippen molar-refractivity contribution < 1.29 is 12.8 Å². The number of guanidine groups is 1. The van der Waals surface area contributed by atoms with Crippen molar-refractivity contribution in [2.75, 3.05) is 26.2 Å². The minimum atomic E-state index is -3.95. The van der Waals surface area contributed by atoms with E-state index >= 15 is 0 Å². The molecular formula is C15H23ClFIN4O2S. The summed E-state index contributed by atoms with van der Waals surface area (Å²) in [5, 5.41) is 0.139. The molecule has 0 radical (unpaired) electrons. The molecule has 0 amide bonds. The van der Waals surface area contributed by atoms with E-state index in [1.807, 2.05) is 4.90 Å². The van der Waals surface area contributed by atoms with Crippen molar-refractivity contribution in [1.29, 1.82) is 0 Å². The number of nitrogens with zero attached hydrogens (tertiary/aromatic N) is 2. The van der Waals surface area contributed by atoms with Gasteiger partial charge < -0.3 is 10.6 Å². The number of halogens is 3. The highest BCUT2D eigenvalue weighted by atomic mass is 127. The summed E-state index contributed by atoms with van der Waals surface area (Å²) in [4.78, 5) is 5.74. The molecule has 0 saturated carbocycles. The van der Waals surface area contributed by atoms with Gasteiger partial charge >= 0.3 is 0 Å². The zero-order valence-corrected chi connectivity index (χ0v) is 17.8. The molecule has 1 saturated heterocycles. The molecule has 0 unspecified atom stereocenters. The lowest BCUT2D eigenvalue weighted by molar-refractivity contribution is 0.277. The van der Waals surface area contributed by atoms with E-state index in [2.05, 4.69) is 16.6 Å². The normalized spacial score (nSPS) is 16.6. The molecule has 1 aromatic carbocycles. The van der Waals surface area contributed by atoms with Crippen LogP contribution in [0.25, 0.3) is 0 Å². The average Bonchev–Trinajstić information content (AvgIpc) is 2.51. The van der Waals surface area contributed by atoms with Gasteiger partial charge in [-0.1, -0.05) is 18.5 Å². The molecule has 6 nitrogen and oxygen atoms in total. The first kappa shape index (κ1) is 22.4. The van der Waals surface area contributed by atoms with Crippen molar-refractivity contribution in [3.63, 3.8) is 0 Å². The maximum Gasteiger partial charge on any atom is 0.243 e. The summed E-state index contributed by atoms with van der Waals surface area (Å²) in [7, 11) is -3.95. The highest BCUT2D eigenvalue weighted by Crippen LogP contribution is 2.18. The molecule has 3 N–H and O–H groups in total. The molecule has 0 aromatic heterocycles. The van der Waals surface area contributed by atoms with Crippen LogP contribution in [0, 0.1) is 11.7 Å². The van der Waals surface area contributed by atoms with Gasteiger partial charge in [-0.25, -0.2) is 17.5 Å². The summed E-state index contributed by atoms with van der Waals surface area (Å²) in [6.45, 7) is 4.15. The smallest absolute Gasteiger partial charge is 0.243 e. The Hall–Kier alpha value is -0.650. The summed E-state index contributed by atoms with van der Waals surface area (Å²) in [5.74, 6) is 0.217. The first-order chi connectivity index (χ1) is 11.3. The number of hydrogen-bond acceptors (Lipinski definition) is 3. The Balaban J connectivity index is 0.00000312. The number of nitrogens with two attached hydrogens (primary N) is 1. The SMILES string of the molecule is CC1CCN(C(N)=NCCNS(=O)(=O)c2ccc(Cl)cc2F)CC1.I. The number of aliphatic imine (C=N–C) groups is 1. The van der Waals surface area contributed by atoms with Crippen LogP contribution in [-0.2, 0) is 10.0 Å². The van der Waals surface area contributed by atoms with Crippen LogP contribution < -0.4 is 10.5 Å². The van der Waals surface area contributed by atoms with Gasteiger partial charge in [-0.15, -0.1) is 24.0 Å². The molecule has 1 aliphatic rings. The van der Waals surface area contributed by atoms with Crippen molar-refractivity contribution >= 4 is 51.6 Å². The van der Waals surface area contributed by atoms with Crippen LogP contribution in [0.5, 0.6) is 0 Å². The summed E-state index contributed by atoms with van der Waals surface area (Å²) >= 11 is 5.62. The molecule has 1 aromatic rings. The third-order valence-corrected chi connectivity index (χ3v) is 5.70. The zero-order valence-electron chi connectivity index (χ0n) is 13.9. The number of benzene rings is 1. The predicted octanol–water partition coefficient (Wildman–Crippen LogP) is 2.42. The Morgan fingerprint density at radius 3 is 2.68 bits per heavy atom. The van der Waals surface area contributed by atoms with Crippen LogP contribution in [0.15, 0.2) is 28.1 Å². The molecule has 10 heteroatoms. The van der Waals surface area contributed by atoms with Crippen LogP contribution in [0.3, 0.4) is 0 Å². The van der Waals surface area contributed by atoms with Crippen molar-refractivity contribution in [2.24, 2.45) is 16.6 Å². The third kappa shape index (κ3) is 6.54. The highest BCUT2D eigenvalue weighted by molar-refractivity contribution is 14.0. The Morgan fingerprint density at radius 1 is 1.44 bits per heavy atom. The first-order valence-electron chi connectivity index (χ1n) is 7.79. The van der Waals surface area contributed by atoms with Gasteiger partial charge in [0.2, 0.25) is 10.0 Å². The van der Waals surface area contributed by atoms with Crippen LogP contribution in [0.1, 0.15) is 19.8 Å². The number of nitrogens with one attached hydrogen (secondary N) is 1. The van der Waals surface area contributed by atoms with E-state index in [0.717, 1.165) is 38.1 Å². The molecule has 0 spiro atoms. The fourth-order valence-corrected chi connectivity index (χ4v) is 3.70. The van der Waals surface area contributed by atoms with Gasteiger partial charge in [-0.3, -0.25) is 4.99 Å². The highest BCUT2D eigenvalue weighted by Gasteiger charge is 2.19. The molecule has 0 bridgehead atoms. The molecule has 1 heterocycles. The van der Waals surface area contributed by atoms with Crippen LogP contribution in [0.2, 0.25) is 5.02 Å². The lowest BCUT2D eigenvalue weighted by atomic mass is 10.00. The molecule has 1 fully saturated rings. The Morgan fingerprint density at radius 2 is 2.08 bits per heavy atom. The van der Waals surface area contributed by atoms with E-state index in [4.69, 9.17) is 17.3 Å². The van der Waals surface area contributed by atoms with Crippen molar-refractivity contribution in [1.82, 2.24) is 9.62 Å². The van der Waals surface area contributed by atoms with Gasteiger partial charge in [0.1, 0.15) is 10.7 Å². The topological polar surface area (TPSA) is 87.8 Å². The Labute approximate surface area is 170 Å². The van der Waals surface area contributed by atoms with Gasteiger partial charge in [0.05, 0.1) is 6.54 Å². The van der Waals surface area contributed by atoms with Crippen molar-refractivity contribution in [3.05, 3.63) is 29.0 Å². The summed E-state index contributed by atoms with van der Waals surface area (Å²) in [5.41, 5.74) is 5.92. The number of hydrogen-bond donors (Lipinski definition) is 2. The molecule has 1 aliphatic heterocycles. The maximum atomic E-state index is 13.7. The summed E-state index contributed by atoms with van der Waals surface area (Å²) in [6, 6.07) is 3.42. The molecule has 0 aliphatic carbocycles. The lowest BCUT2D eigenvalue weighted by Crippen LogP contribution is -2.42. The second kappa shape index (κ2) is 9.89. The van der Waals surface area contributed by atoms with E-state index in [-0.39, 0.29) is 42.1 Å². The Kier molecular flexibility index (Phi) is 8.85. The summed E-state index contributed by atoms with van der Waals surface area (Å²) in [6.07, 6.45) is 2.14. The third-order valence-electron chi connectivity index (χ3n) is 3.97. The van der Waals surface area contributed by atoms with Gasteiger partial charge in [0.25, 0.3) is 0 Å². The average molecular weight is 505 g/mol. The Bertz CT molecular complexity index is 709. The maximum absolute atomic E-state index is 13.7. The van der Waals surface area contributed by atoms with E-state index in [0.29, 0.717) is 11.9 Å². The van der Waals surface area contributed by atoms with Crippen LogP contribution in [0.4, 0.5) is 4.39 Å². The van der Waals surface area contributed by atoms with Gasteiger partial charge in [-0.2, -0.15) is 0 Å². The molecule has 25 heavy (non-hydrogen) atoms. The van der Waals surface area contributed by atoms with Crippen molar-refractivity contribution in [2.45, 2.75) is 24.7 Å². The van der Waals surface area contributed by atoms with E-state index in [1.165, 1.54) is 6.07 Å². The predicted molar refractivity (Wildman–Crippen MR) is 108 cm³/mol. The minimum Gasteiger partial charge on any atom is -0.370 e. The lowest BCUT2D eigenvalue weighted by Gasteiger charge is -2.31. The number of sulfonamides is 1. The fraction of sp³-hybridized carbons (Fsp3) is 0.533. The van der Waals surface area contributed by atoms with E-state index in [9.17, 15) is 12.8 Å². The number of piperidine rings is 1. The largest absolute Gasteiger partial charge is 0.370 e. The zero-order chi connectivity index (χ0) is 17.7. The van der Waals surface area contributed by atoms with Gasteiger partial charge in [0.15, 0.2) is 5.96 Å². The standard InChI is InChI=1S/C15H22ClFN4O2S.HI/c1-11-4-8-21(9-5-11)15(18)19-6-7-20-24(22,23)14-3-2-12(16)10-13(14)17;/h2-3,10-11,20H,4-9H2,1H3,(H2,18,19);1H. The molecule has 2 rings (SSSR count). The van der Waals surface area contributed by atoms with E-state index < -0.39 is 20.7 Å². The monoisotopic (exact) mass is 504 g/mol. The molecular weight excluding hydrogens is 482 g/mol. The second-order valence-electron chi connectivity index (χ2n) is 5.88. The van der Waals surface area contributed by atoms with Crippen molar-refractivity contribution in [3.8, 4) is 0 Å². The van der Waals surface area contributed by atoms with Gasteiger partial charge in [0, 0.05) is 24.7 Å². The molecule has 142 valence electrons. The van der Waals surface area contributed by atoms with Crippen LogP contribution >= 0.6 is 35.6 Å². The van der Waals surface area contributed by atoms with Gasteiger partial charge in [-0.05, 0) is 37.0 Å².